The molecule has 1 nitrogen and oxygen atoms in total. The molecule has 0 aromatic carbocycles. The molecule has 0 amide bonds. The fraction of sp³-hybridized carbons (Fsp3) is 1.00. The van der Waals surface area contributed by atoms with Crippen LogP contribution in [0, 0.1) is 0 Å². The lowest BCUT2D eigenvalue weighted by molar-refractivity contribution is 0.00434. The first kappa shape index (κ1) is 9.53. The van der Waals surface area contributed by atoms with Gasteiger partial charge in [-0.1, -0.05) is 22.9 Å². The Balaban J connectivity index is 2.24. The van der Waals surface area contributed by atoms with E-state index in [2.05, 4.69) is 29.8 Å². The fourth-order valence-corrected chi connectivity index (χ4v) is 2.14. The van der Waals surface area contributed by atoms with Crippen LogP contribution in [0.3, 0.4) is 0 Å². The molecule has 11 heavy (non-hydrogen) atoms. The van der Waals surface area contributed by atoms with Gasteiger partial charge < -0.3 is 4.74 Å². The number of hydrogen-bond acceptors (Lipinski definition) is 1. The third kappa shape index (κ3) is 2.75. The van der Waals surface area contributed by atoms with Crippen LogP contribution in [0.15, 0.2) is 0 Å². The van der Waals surface area contributed by atoms with Gasteiger partial charge in [-0.25, -0.2) is 0 Å². The van der Waals surface area contributed by atoms with Gasteiger partial charge >= 0.3 is 0 Å². The SMILES string of the molecule is CCC(C)OC1CCCC1Br. The zero-order chi connectivity index (χ0) is 8.27. The molecule has 1 saturated carbocycles. The van der Waals surface area contributed by atoms with Crippen molar-refractivity contribution in [3.8, 4) is 0 Å². The molecule has 3 unspecified atom stereocenters. The third-order valence-corrected chi connectivity index (χ3v) is 3.40. The minimum atomic E-state index is 0.429. The zero-order valence-electron chi connectivity index (χ0n) is 7.35. The van der Waals surface area contributed by atoms with Gasteiger partial charge in [-0.3, -0.25) is 0 Å². The summed E-state index contributed by atoms with van der Waals surface area (Å²) in [5.74, 6) is 0. The number of rotatable bonds is 3. The lowest BCUT2D eigenvalue weighted by atomic mass is 10.2. The maximum Gasteiger partial charge on any atom is 0.0703 e. The summed E-state index contributed by atoms with van der Waals surface area (Å²) in [6.45, 7) is 4.32. The minimum Gasteiger partial charge on any atom is -0.374 e. The van der Waals surface area contributed by atoms with E-state index in [-0.39, 0.29) is 0 Å². The van der Waals surface area contributed by atoms with Crippen molar-refractivity contribution in [3.63, 3.8) is 0 Å². The highest BCUT2D eigenvalue weighted by molar-refractivity contribution is 9.09. The molecule has 0 heterocycles. The van der Waals surface area contributed by atoms with Crippen molar-refractivity contribution < 1.29 is 4.74 Å². The molecule has 0 aromatic heterocycles. The predicted molar refractivity (Wildman–Crippen MR) is 51.2 cm³/mol. The predicted octanol–water partition coefficient (Wildman–Crippen LogP) is 3.12. The van der Waals surface area contributed by atoms with Gasteiger partial charge in [0.1, 0.15) is 0 Å². The quantitative estimate of drug-likeness (QED) is 0.665. The van der Waals surface area contributed by atoms with E-state index < -0.39 is 0 Å². The van der Waals surface area contributed by atoms with Crippen molar-refractivity contribution in [1.82, 2.24) is 0 Å². The van der Waals surface area contributed by atoms with E-state index in [1.165, 1.54) is 19.3 Å². The van der Waals surface area contributed by atoms with Crippen LogP contribution in [0.4, 0.5) is 0 Å². The zero-order valence-corrected chi connectivity index (χ0v) is 8.93. The average molecular weight is 221 g/mol. The second-order valence-electron chi connectivity index (χ2n) is 3.34. The highest BCUT2D eigenvalue weighted by Crippen LogP contribution is 2.29. The molecule has 0 N–H and O–H groups in total. The van der Waals surface area contributed by atoms with E-state index in [0.29, 0.717) is 17.0 Å². The molecule has 0 radical (unpaired) electrons. The number of hydrogen-bond donors (Lipinski definition) is 0. The van der Waals surface area contributed by atoms with Gasteiger partial charge in [0.05, 0.1) is 12.2 Å². The van der Waals surface area contributed by atoms with E-state index >= 15 is 0 Å². The summed E-state index contributed by atoms with van der Waals surface area (Å²) in [4.78, 5) is 0.608. The fourth-order valence-electron chi connectivity index (χ4n) is 1.43. The van der Waals surface area contributed by atoms with Crippen molar-refractivity contribution in [3.05, 3.63) is 0 Å². The average Bonchev–Trinajstić information content (AvgIpc) is 2.37. The Hall–Kier alpha value is 0.440. The van der Waals surface area contributed by atoms with Crippen LogP contribution in [-0.2, 0) is 4.74 Å². The van der Waals surface area contributed by atoms with Gasteiger partial charge in [0.15, 0.2) is 0 Å². The van der Waals surface area contributed by atoms with Crippen LogP contribution < -0.4 is 0 Å². The van der Waals surface area contributed by atoms with E-state index in [4.69, 9.17) is 4.74 Å². The molecule has 66 valence electrons. The molecule has 0 spiro atoms. The molecule has 0 bridgehead atoms. The number of halogens is 1. The van der Waals surface area contributed by atoms with Gasteiger partial charge in [-0.15, -0.1) is 0 Å². The Bertz CT molecular complexity index is 116. The Labute approximate surface area is 77.6 Å². The summed E-state index contributed by atoms with van der Waals surface area (Å²) in [5, 5.41) is 0. The van der Waals surface area contributed by atoms with Gasteiger partial charge in [0, 0.05) is 4.83 Å². The van der Waals surface area contributed by atoms with Gasteiger partial charge in [-0.2, -0.15) is 0 Å². The summed E-state index contributed by atoms with van der Waals surface area (Å²) >= 11 is 3.64. The molecule has 2 heteroatoms. The molecule has 0 aromatic rings. The topological polar surface area (TPSA) is 9.23 Å². The first-order valence-corrected chi connectivity index (χ1v) is 5.45. The number of alkyl halides is 1. The normalized spacial score (nSPS) is 34.1. The van der Waals surface area contributed by atoms with Crippen molar-refractivity contribution >= 4 is 15.9 Å². The van der Waals surface area contributed by atoms with Crippen molar-refractivity contribution in [2.45, 2.75) is 56.6 Å². The maximum atomic E-state index is 5.83. The van der Waals surface area contributed by atoms with Crippen LogP contribution in [-0.4, -0.2) is 17.0 Å². The largest absolute Gasteiger partial charge is 0.374 e. The van der Waals surface area contributed by atoms with Crippen LogP contribution in [0.2, 0.25) is 0 Å². The standard InChI is InChI=1S/C9H17BrO/c1-3-7(2)11-9-6-4-5-8(9)10/h7-9H,3-6H2,1-2H3. The highest BCUT2D eigenvalue weighted by atomic mass is 79.9. The monoisotopic (exact) mass is 220 g/mol. The van der Waals surface area contributed by atoms with E-state index in [1.54, 1.807) is 0 Å². The first-order chi connectivity index (χ1) is 5.24. The summed E-state index contributed by atoms with van der Waals surface area (Å²) in [6.07, 6.45) is 5.86. The van der Waals surface area contributed by atoms with Crippen molar-refractivity contribution in [2.75, 3.05) is 0 Å². The summed E-state index contributed by atoms with van der Waals surface area (Å²) < 4.78 is 5.83. The second kappa shape index (κ2) is 4.46. The molecule has 1 rings (SSSR count). The van der Waals surface area contributed by atoms with E-state index in [9.17, 15) is 0 Å². The third-order valence-electron chi connectivity index (χ3n) is 2.35. The molecule has 1 fully saturated rings. The van der Waals surface area contributed by atoms with Crippen molar-refractivity contribution in [2.24, 2.45) is 0 Å². The highest BCUT2D eigenvalue weighted by Gasteiger charge is 2.26. The Morgan fingerprint density at radius 3 is 2.73 bits per heavy atom. The second-order valence-corrected chi connectivity index (χ2v) is 4.52. The molecule has 3 atom stereocenters. The maximum absolute atomic E-state index is 5.83. The van der Waals surface area contributed by atoms with Gasteiger partial charge in [0.25, 0.3) is 0 Å². The first-order valence-electron chi connectivity index (χ1n) is 4.53. The summed E-state index contributed by atoms with van der Waals surface area (Å²) in [6, 6.07) is 0. The van der Waals surface area contributed by atoms with Crippen molar-refractivity contribution in [1.29, 1.82) is 0 Å². The molecule has 0 aliphatic heterocycles. The molecular weight excluding hydrogens is 204 g/mol. The molecule has 0 saturated heterocycles. The minimum absolute atomic E-state index is 0.429. The molecular formula is C9H17BrO. The van der Waals surface area contributed by atoms with Crippen LogP contribution in [0.1, 0.15) is 39.5 Å². The Kier molecular flexibility index (Phi) is 3.86. The number of ether oxygens (including phenoxy) is 1. The molecule has 1 aliphatic rings. The Morgan fingerprint density at radius 1 is 1.55 bits per heavy atom. The summed E-state index contributed by atoms with van der Waals surface area (Å²) in [7, 11) is 0. The molecule has 1 aliphatic carbocycles. The lowest BCUT2D eigenvalue weighted by Gasteiger charge is -2.19. The summed E-state index contributed by atoms with van der Waals surface area (Å²) in [5.41, 5.74) is 0. The van der Waals surface area contributed by atoms with E-state index in [0.717, 1.165) is 6.42 Å². The smallest absolute Gasteiger partial charge is 0.0703 e. The lowest BCUT2D eigenvalue weighted by Crippen LogP contribution is -2.23. The van der Waals surface area contributed by atoms with Crippen LogP contribution in [0.25, 0.3) is 0 Å². The van der Waals surface area contributed by atoms with Gasteiger partial charge in [0.2, 0.25) is 0 Å². The van der Waals surface area contributed by atoms with E-state index in [1.807, 2.05) is 0 Å². The Morgan fingerprint density at radius 2 is 2.27 bits per heavy atom. The van der Waals surface area contributed by atoms with Crippen LogP contribution in [0.5, 0.6) is 0 Å². The van der Waals surface area contributed by atoms with Crippen LogP contribution >= 0.6 is 15.9 Å². The van der Waals surface area contributed by atoms with Gasteiger partial charge in [-0.05, 0) is 32.6 Å².